The second-order valence-corrected chi connectivity index (χ2v) is 5.81. The number of hydrogen-bond donors (Lipinski definition) is 1. The van der Waals surface area contributed by atoms with Crippen molar-refractivity contribution in [1.29, 1.82) is 0 Å². The highest BCUT2D eigenvalue weighted by Crippen LogP contribution is 2.31. The first-order valence-corrected chi connectivity index (χ1v) is 7.69. The van der Waals surface area contributed by atoms with Crippen LogP contribution >= 0.6 is 0 Å². The van der Waals surface area contributed by atoms with Crippen LogP contribution in [0, 0.1) is 0 Å². The van der Waals surface area contributed by atoms with Crippen molar-refractivity contribution in [2.24, 2.45) is 0 Å². The first kappa shape index (κ1) is 12.6. The highest BCUT2D eigenvalue weighted by atomic mass is 14.9. The molecule has 1 N–H and O–H groups in total. The fraction of sp³-hybridized carbons (Fsp3) is 0.200. The molecule has 3 aromatic rings. The molecule has 0 spiro atoms. The minimum Gasteiger partial charge on any atom is -0.306 e. The van der Waals surface area contributed by atoms with Crippen molar-refractivity contribution in [3.63, 3.8) is 0 Å². The van der Waals surface area contributed by atoms with Gasteiger partial charge in [0.25, 0.3) is 0 Å². The molecule has 0 unspecified atom stereocenters. The molecule has 1 heteroatoms. The molecule has 0 amide bonds. The summed E-state index contributed by atoms with van der Waals surface area (Å²) in [5.41, 5.74) is 4.38. The van der Waals surface area contributed by atoms with Gasteiger partial charge in [-0.25, -0.2) is 0 Å². The normalized spacial score (nSPS) is 17.0. The quantitative estimate of drug-likeness (QED) is 0.734. The largest absolute Gasteiger partial charge is 0.306 e. The van der Waals surface area contributed by atoms with Crippen LogP contribution in [-0.2, 0) is 13.0 Å². The smallest absolute Gasteiger partial charge is 0.0329 e. The van der Waals surface area contributed by atoms with E-state index in [4.69, 9.17) is 0 Å². The first-order chi connectivity index (χ1) is 10.4. The van der Waals surface area contributed by atoms with Gasteiger partial charge in [0.2, 0.25) is 0 Å². The summed E-state index contributed by atoms with van der Waals surface area (Å²) in [6, 6.07) is 24.5. The summed E-state index contributed by atoms with van der Waals surface area (Å²) in [5, 5.41) is 6.43. The van der Waals surface area contributed by atoms with Gasteiger partial charge in [-0.2, -0.15) is 0 Å². The Morgan fingerprint density at radius 1 is 0.857 bits per heavy atom. The third-order valence-electron chi connectivity index (χ3n) is 4.55. The molecular formula is C20H19N. The lowest BCUT2D eigenvalue weighted by atomic mass is 10.0. The number of benzene rings is 3. The molecule has 0 aromatic heterocycles. The Hall–Kier alpha value is -2.12. The summed E-state index contributed by atoms with van der Waals surface area (Å²) in [4.78, 5) is 0. The highest BCUT2D eigenvalue weighted by molar-refractivity contribution is 5.85. The average Bonchev–Trinajstić information content (AvgIpc) is 2.96. The van der Waals surface area contributed by atoms with Gasteiger partial charge in [-0.15, -0.1) is 0 Å². The number of hydrogen-bond acceptors (Lipinski definition) is 1. The van der Waals surface area contributed by atoms with Crippen LogP contribution < -0.4 is 5.32 Å². The molecule has 0 saturated heterocycles. The van der Waals surface area contributed by atoms with E-state index >= 15 is 0 Å². The minimum absolute atomic E-state index is 0.500. The molecule has 104 valence electrons. The molecule has 0 fully saturated rings. The van der Waals surface area contributed by atoms with Crippen molar-refractivity contribution in [1.82, 2.24) is 5.32 Å². The van der Waals surface area contributed by atoms with Gasteiger partial charge in [-0.1, -0.05) is 66.7 Å². The molecule has 1 nitrogen and oxygen atoms in total. The Balaban J connectivity index is 1.57. The van der Waals surface area contributed by atoms with E-state index in [1.807, 2.05) is 0 Å². The molecule has 1 aliphatic carbocycles. The van der Waals surface area contributed by atoms with E-state index < -0.39 is 0 Å². The molecule has 4 rings (SSSR count). The molecule has 0 heterocycles. The van der Waals surface area contributed by atoms with E-state index in [2.05, 4.69) is 72.0 Å². The third kappa shape index (κ3) is 2.34. The van der Waals surface area contributed by atoms with Gasteiger partial charge in [0.05, 0.1) is 0 Å². The number of rotatable bonds is 3. The van der Waals surface area contributed by atoms with Crippen molar-refractivity contribution in [2.75, 3.05) is 0 Å². The predicted octanol–water partition coefficient (Wildman–Crippen LogP) is 4.62. The minimum atomic E-state index is 0.500. The van der Waals surface area contributed by atoms with Crippen molar-refractivity contribution in [3.8, 4) is 0 Å². The number of aryl methyl sites for hydroxylation is 1. The van der Waals surface area contributed by atoms with Crippen LogP contribution in [-0.4, -0.2) is 0 Å². The maximum atomic E-state index is 3.75. The molecule has 0 saturated carbocycles. The van der Waals surface area contributed by atoms with Crippen LogP contribution in [0.1, 0.15) is 29.2 Å². The highest BCUT2D eigenvalue weighted by Gasteiger charge is 2.21. The van der Waals surface area contributed by atoms with Gasteiger partial charge < -0.3 is 5.32 Å². The molecule has 3 aromatic carbocycles. The van der Waals surface area contributed by atoms with E-state index in [1.165, 1.54) is 40.3 Å². The van der Waals surface area contributed by atoms with Crippen LogP contribution in [0.15, 0.2) is 66.7 Å². The predicted molar refractivity (Wildman–Crippen MR) is 88.3 cm³/mol. The zero-order valence-corrected chi connectivity index (χ0v) is 12.0. The molecular weight excluding hydrogens is 254 g/mol. The van der Waals surface area contributed by atoms with E-state index in [0.717, 1.165) is 6.54 Å². The molecule has 1 aliphatic rings. The van der Waals surface area contributed by atoms with Gasteiger partial charge in [-0.05, 0) is 40.3 Å². The standard InChI is InChI=1S/C20H19N/c1-3-10-18-15(6-1)8-5-9-17(18)14-21-20-13-12-16-7-2-4-11-19(16)20/h1-11,20-21H,12-14H2/t20-/m0/s1. The summed E-state index contributed by atoms with van der Waals surface area (Å²) in [5.74, 6) is 0. The lowest BCUT2D eigenvalue weighted by Crippen LogP contribution is -2.18. The number of fused-ring (bicyclic) bond motifs is 2. The summed E-state index contributed by atoms with van der Waals surface area (Å²) in [6.45, 7) is 0.931. The summed E-state index contributed by atoms with van der Waals surface area (Å²) in [7, 11) is 0. The lowest BCUT2D eigenvalue weighted by molar-refractivity contribution is 0.531. The molecule has 0 bridgehead atoms. The zero-order valence-electron chi connectivity index (χ0n) is 12.0. The maximum absolute atomic E-state index is 3.75. The average molecular weight is 273 g/mol. The van der Waals surface area contributed by atoms with Crippen molar-refractivity contribution in [3.05, 3.63) is 83.4 Å². The van der Waals surface area contributed by atoms with Gasteiger partial charge in [-0.3, -0.25) is 0 Å². The van der Waals surface area contributed by atoms with Crippen molar-refractivity contribution < 1.29 is 0 Å². The van der Waals surface area contributed by atoms with E-state index in [-0.39, 0.29) is 0 Å². The SMILES string of the molecule is c1ccc2c(c1)CC[C@@H]2NCc1cccc2ccccc12. The molecule has 21 heavy (non-hydrogen) atoms. The lowest BCUT2D eigenvalue weighted by Gasteiger charge is -2.15. The second-order valence-electron chi connectivity index (χ2n) is 5.81. The van der Waals surface area contributed by atoms with Gasteiger partial charge in [0.15, 0.2) is 0 Å². The Morgan fingerprint density at radius 2 is 1.67 bits per heavy atom. The van der Waals surface area contributed by atoms with Gasteiger partial charge in [0, 0.05) is 12.6 Å². The van der Waals surface area contributed by atoms with Crippen LogP contribution in [0.2, 0.25) is 0 Å². The summed E-state index contributed by atoms with van der Waals surface area (Å²) >= 11 is 0. The Bertz CT molecular complexity index is 770. The van der Waals surface area contributed by atoms with Crippen LogP contribution in [0.25, 0.3) is 10.8 Å². The maximum Gasteiger partial charge on any atom is 0.0329 e. The van der Waals surface area contributed by atoms with Crippen LogP contribution in [0.4, 0.5) is 0 Å². The number of nitrogens with one attached hydrogen (secondary N) is 1. The fourth-order valence-corrected chi connectivity index (χ4v) is 3.45. The van der Waals surface area contributed by atoms with E-state index in [0.29, 0.717) is 6.04 Å². The molecule has 0 aliphatic heterocycles. The molecule has 1 atom stereocenters. The zero-order chi connectivity index (χ0) is 14.1. The van der Waals surface area contributed by atoms with Crippen LogP contribution in [0.3, 0.4) is 0 Å². The first-order valence-electron chi connectivity index (χ1n) is 7.69. The molecule has 0 radical (unpaired) electrons. The van der Waals surface area contributed by atoms with Gasteiger partial charge in [0.1, 0.15) is 0 Å². The Kier molecular flexibility index (Phi) is 3.21. The Morgan fingerprint density at radius 3 is 2.67 bits per heavy atom. The second kappa shape index (κ2) is 5.34. The van der Waals surface area contributed by atoms with E-state index in [1.54, 1.807) is 0 Å². The monoisotopic (exact) mass is 273 g/mol. The third-order valence-corrected chi connectivity index (χ3v) is 4.55. The van der Waals surface area contributed by atoms with E-state index in [9.17, 15) is 0 Å². The van der Waals surface area contributed by atoms with Crippen molar-refractivity contribution >= 4 is 10.8 Å². The summed E-state index contributed by atoms with van der Waals surface area (Å²) < 4.78 is 0. The Labute approximate surface area is 125 Å². The fourth-order valence-electron chi connectivity index (χ4n) is 3.45. The van der Waals surface area contributed by atoms with Gasteiger partial charge >= 0.3 is 0 Å². The van der Waals surface area contributed by atoms with Crippen molar-refractivity contribution in [2.45, 2.75) is 25.4 Å². The topological polar surface area (TPSA) is 12.0 Å². The summed E-state index contributed by atoms with van der Waals surface area (Å²) in [6.07, 6.45) is 2.41. The van der Waals surface area contributed by atoms with Crippen LogP contribution in [0.5, 0.6) is 0 Å².